The molecule has 0 fully saturated rings. The van der Waals surface area contributed by atoms with Gasteiger partial charge < -0.3 is 10.6 Å². The monoisotopic (exact) mass is 284 g/mol. The maximum absolute atomic E-state index is 6.04. The van der Waals surface area contributed by atoms with E-state index >= 15 is 0 Å². The molecule has 0 spiro atoms. The number of para-hydroxylation sites is 1. The summed E-state index contributed by atoms with van der Waals surface area (Å²) in [5.41, 5.74) is 10.0. The molecule has 0 saturated heterocycles. The van der Waals surface area contributed by atoms with Crippen molar-refractivity contribution in [1.82, 2.24) is 9.97 Å². The molecule has 0 atom stereocenters. The Morgan fingerprint density at radius 3 is 2.52 bits per heavy atom. The van der Waals surface area contributed by atoms with E-state index in [0.29, 0.717) is 5.92 Å². The predicted octanol–water partition coefficient (Wildman–Crippen LogP) is 3.52. The Balaban J connectivity index is 2.31. The van der Waals surface area contributed by atoms with Gasteiger partial charge in [-0.2, -0.15) is 0 Å². The zero-order valence-electron chi connectivity index (χ0n) is 13.3. The number of aryl methyl sites for hydroxylation is 1. The second kappa shape index (κ2) is 6.57. The van der Waals surface area contributed by atoms with Crippen LogP contribution in [0, 0.1) is 6.92 Å². The van der Waals surface area contributed by atoms with Crippen molar-refractivity contribution in [2.75, 3.05) is 17.2 Å². The van der Waals surface area contributed by atoms with E-state index in [2.05, 4.69) is 42.8 Å². The fourth-order valence-electron chi connectivity index (χ4n) is 2.22. The quantitative estimate of drug-likeness (QED) is 0.854. The molecule has 0 amide bonds. The minimum Gasteiger partial charge on any atom is -0.398 e. The van der Waals surface area contributed by atoms with E-state index in [1.54, 1.807) is 0 Å². The van der Waals surface area contributed by atoms with Crippen molar-refractivity contribution in [3.8, 4) is 0 Å². The summed E-state index contributed by atoms with van der Waals surface area (Å²) in [5, 5.41) is 0. The molecule has 112 valence electrons. The van der Waals surface area contributed by atoms with Crippen LogP contribution in [0.3, 0.4) is 0 Å². The van der Waals surface area contributed by atoms with E-state index in [1.165, 1.54) is 0 Å². The van der Waals surface area contributed by atoms with Gasteiger partial charge in [-0.25, -0.2) is 9.97 Å². The van der Waals surface area contributed by atoms with Gasteiger partial charge in [-0.15, -0.1) is 0 Å². The van der Waals surface area contributed by atoms with Crippen LogP contribution >= 0.6 is 0 Å². The second-order valence-electron chi connectivity index (χ2n) is 5.60. The standard InChI is InChI=1S/C17H24N4/c1-5-21(11-14-8-6-7-9-15(14)18)17-19-13(4)10-16(20-17)12(2)3/h6-10,12H,5,11,18H2,1-4H3. The molecule has 0 aliphatic rings. The molecule has 0 aliphatic carbocycles. The zero-order chi connectivity index (χ0) is 15.4. The van der Waals surface area contributed by atoms with Crippen molar-refractivity contribution in [2.24, 2.45) is 0 Å². The molecule has 2 aromatic rings. The van der Waals surface area contributed by atoms with E-state index in [9.17, 15) is 0 Å². The number of benzene rings is 1. The summed E-state index contributed by atoms with van der Waals surface area (Å²) in [4.78, 5) is 11.4. The molecule has 1 heterocycles. The number of nitrogens with two attached hydrogens (primary N) is 1. The maximum atomic E-state index is 6.04. The molecule has 2 rings (SSSR count). The third kappa shape index (κ3) is 3.72. The van der Waals surface area contributed by atoms with E-state index in [0.717, 1.165) is 41.7 Å². The van der Waals surface area contributed by atoms with Crippen molar-refractivity contribution in [2.45, 2.75) is 40.2 Å². The van der Waals surface area contributed by atoms with Crippen molar-refractivity contribution >= 4 is 11.6 Å². The van der Waals surface area contributed by atoms with Gasteiger partial charge in [0.2, 0.25) is 5.95 Å². The van der Waals surface area contributed by atoms with Gasteiger partial charge in [0, 0.05) is 30.2 Å². The lowest BCUT2D eigenvalue weighted by Crippen LogP contribution is -2.25. The van der Waals surface area contributed by atoms with Crippen molar-refractivity contribution < 1.29 is 0 Å². The Morgan fingerprint density at radius 2 is 1.90 bits per heavy atom. The molecular weight excluding hydrogens is 260 g/mol. The highest BCUT2D eigenvalue weighted by Crippen LogP contribution is 2.20. The molecule has 21 heavy (non-hydrogen) atoms. The van der Waals surface area contributed by atoms with Crippen molar-refractivity contribution in [1.29, 1.82) is 0 Å². The summed E-state index contributed by atoms with van der Waals surface area (Å²) in [5.74, 6) is 1.18. The first-order valence-corrected chi connectivity index (χ1v) is 7.45. The average Bonchev–Trinajstić information content (AvgIpc) is 2.45. The minimum absolute atomic E-state index is 0.394. The zero-order valence-corrected chi connectivity index (χ0v) is 13.3. The lowest BCUT2D eigenvalue weighted by atomic mass is 10.1. The van der Waals surface area contributed by atoms with Crippen LogP contribution in [0.5, 0.6) is 0 Å². The molecule has 1 aromatic heterocycles. The van der Waals surface area contributed by atoms with Gasteiger partial charge in [0.1, 0.15) is 0 Å². The maximum Gasteiger partial charge on any atom is 0.226 e. The van der Waals surface area contributed by atoms with Gasteiger partial charge >= 0.3 is 0 Å². The van der Waals surface area contributed by atoms with Gasteiger partial charge in [0.25, 0.3) is 0 Å². The average molecular weight is 284 g/mol. The van der Waals surface area contributed by atoms with Crippen LogP contribution < -0.4 is 10.6 Å². The SMILES string of the molecule is CCN(Cc1ccccc1N)c1nc(C)cc(C(C)C)n1. The summed E-state index contributed by atoms with van der Waals surface area (Å²) in [7, 11) is 0. The van der Waals surface area contributed by atoms with Crippen LogP contribution in [-0.4, -0.2) is 16.5 Å². The van der Waals surface area contributed by atoms with E-state index in [1.807, 2.05) is 25.1 Å². The summed E-state index contributed by atoms with van der Waals surface area (Å²) >= 11 is 0. The van der Waals surface area contributed by atoms with E-state index in [4.69, 9.17) is 10.7 Å². The first kappa shape index (κ1) is 15.3. The largest absolute Gasteiger partial charge is 0.398 e. The van der Waals surface area contributed by atoms with Gasteiger partial charge in [-0.05, 0) is 37.5 Å². The lowest BCUT2D eigenvalue weighted by Gasteiger charge is -2.23. The first-order chi connectivity index (χ1) is 10.0. The summed E-state index contributed by atoms with van der Waals surface area (Å²) < 4.78 is 0. The summed E-state index contributed by atoms with van der Waals surface area (Å²) in [6.45, 7) is 10.00. The molecule has 4 nitrogen and oxygen atoms in total. The molecule has 4 heteroatoms. The molecule has 0 saturated carbocycles. The topological polar surface area (TPSA) is 55.0 Å². The number of rotatable bonds is 5. The summed E-state index contributed by atoms with van der Waals surface area (Å²) in [6.07, 6.45) is 0. The van der Waals surface area contributed by atoms with Crippen molar-refractivity contribution in [3.63, 3.8) is 0 Å². The Morgan fingerprint density at radius 1 is 1.19 bits per heavy atom. The third-order valence-electron chi connectivity index (χ3n) is 3.53. The van der Waals surface area contributed by atoms with E-state index in [-0.39, 0.29) is 0 Å². The lowest BCUT2D eigenvalue weighted by molar-refractivity contribution is 0.754. The number of nitrogens with zero attached hydrogens (tertiary/aromatic N) is 3. The molecule has 0 bridgehead atoms. The normalized spacial score (nSPS) is 10.9. The van der Waals surface area contributed by atoms with Crippen LogP contribution in [0.25, 0.3) is 0 Å². The molecule has 0 radical (unpaired) electrons. The van der Waals surface area contributed by atoms with E-state index < -0.39 is 0 Å². The predicted molar refractivity (Wildman–Crippen MR) is 88.4 cm³/mol. The highest BCUT2D eigenvalue weighted by Gasteiger charge is 2.13. The first-order valence-electron chi connectivity index (χ1n) is 7.45. The van der Waals surface area contributed by atoms with Gasteiger partial charge in [0.15, 0.2) is 0 Å². The van der Waals surface area contributed by atoms with Gasteiger partial charge in [0.05, 0.1) is 0 Å². The van der Waals surface area contributed by atoms with Gasteiger partial charge in [-0.3, -0.25) is 0 Å². The summed E-state index contributed by atoms with van der Waals surface area (Å²) in [6, 6.07) is 10.0. The number of hydrogen-bond donors (Lipinski definition) is 1. The third-order valence-corrected chi connectivity index (χ3v) is 3.53. The fourth-order valence-corrected chi connectivity index (χ4v) is 2.22. The molecule has 1 aromatic carbocycles. The van der Waals surface area contributed by atoms with Crippen LogP contribution in [0.2, 0.25) is 0 Å². The smallest absolute Gasteiger partial charge is 0.226 e. The highest BCUT2D eigenvalue weighted by atomic mass is 15.2. The Bertz CT molecular complexity index is 607. The Labute approximate surface area is 127 Å². The van der Waals surface area contributed by atoms with Gasteiger partial charge in [-0.1, -0.05) is 32.0 Å². The van der Waals surface area contributed by atoms with Crippen molar-refractivity contribution in [3.05, 3.63) is 47.3 Å². The highest BCUT2D eigenvalue weighted by molar-refractivity contribution is 5.48. The van der Waals surface area contributed by atoms with Crippen LogP contribution in [0.4, 0.5) is 11.6 Å². The molecule has 0 unspecified atom stereocenters. The van der Waals surface area contributed by atoms with Crippen LogP contribution in [0.1, 0.15) is 43.6 Å². The number of nitrogen functional groups attached to an aromatic ring is 1. The molecular formula is C17H24N4. The Kier molecular flexibility index (Phi) is 4.78. The fraction of sp³-hybridized carbons (Fsp3) is 0.412. The molecule has 0 aliphatic heterocycles. The minimum atomic E-state index is 0.394. The number of hydrogen-bond acceptors (Lipinski definition) is 4. The molecule has 2 N–H and O–H groups in total. The number of anilines is 2. The van der Waals surface area contributed by atoms with Crippen LogP contribution in [0.15, 0.2) is 30.3 Å². The second-order valence-corrected chi connectivity index (χ2v) is 5.60. The van der Waals surface area contributed by atoms with Crippen LogP contribution in [-0.2, 0) is 6.54 Å². The Hall–Kier alpha value is -2.10. The number of aromatic nitrogens is 2.